The van der Waals surface area contributed by atoms with E-state index in [1.165, 1.54) is 0 Å². The van der Waals surface area contributed by atoms with Gasteiger partial charge in [-0.15, -0.1) is 4.91 Å². The van der Waals surface area contributed by atoms with E-state index >= 15 is 0 Å². The highest BCUT2D eigenvalue weighted by molar-refractivity contribution is 7.64. The van der Waals surface area contributed by atoms with Crippen LogP contribution in [0.3, 0.4) is 0 Å². The van der Waals surface area contributed by atoms with Crippen LogP contribution in [0.2, 0.25) is 0 Å². The monoisotopic (exact) mass is 318 g/mol. The summed E-state index contributed by atoms with van der Waals surface area (Å²) in [6.07, 6.45) is 0.655. The van der Waals surface area contributed by atoms with E-state index in [4.69, 9.17) is 0 Å². The zero-order valence-corrected chi connectivity index (χ0v) is 13.2. The zero-order valence-electron chi connectivity index (χ0n) is 12.3. The second kappa shape index (κ2) is 7.61. The number of rotatable bonds is 8. The van der Waals surface area contributed by atoms with E-state index in [-0.39, 0.29) is 0 Å². The number of anilines is 2. The summed E-state index contributed by atoms with van der Waals surface area (Å²) in [5, 5.41) is 8.77. The fraction of sp³-hybridized carbons (Fsp3) is 0.200. The van der Waals surface area contributed by atoms with E-state index in [2.05, 4.69) is 15.5 Å². The SMILES string of the molecule is CCCN(N=O)P(=O)(Nc1ccccc1)Nc1ccccc1. The third-order valence-corrected chi connectivity index (χ3v) is 5.00. The largest absolute Gasteiger partial charge is 0.373 e. The molecule has 2 N–H and O–H groups in total. The Morgan fingerprint density at radius 3 is 1.77 bits per heavy atom. The van der Waals surface area contributed by atoms with Crippen LogP contribution in [-0.2, 0) is 4.57 Å². The Labute approximate surface area is 130 Å². The van der Waals surface area contributed by atoms with Gasteiger partial charge in [-0.1, -0.05) is 43.3 Å². The molecule has 0 bridgehead atoms. The van der Waals surface area contributed by atoms with Gasteiger partial charge in [-0.2, -0.15) is 4.78 Å². The molecule has 0 aromatic heterocycles. The molecule has 0 spiro atoms. The van der Waals surface area contributed by atoms with Crippen LogP contribution in [-0.4, -0.2) is 11.3 Å². The summed E-state index contributed by atoms with van der Waals surface area (Å²) in [5.74, 6) is 0. The van der Waals surface area contributed by atoms with Gasteiger partial charge in [-0.05, 0) is 30.7 Å². The van der Waals surface area contributed by atoms with Crippen molar-refractivity contribution in [2.75, 3.05) is 16.7 Å². The van der Waals surface area contributed by atoms with Crippen LogP contribution in [0.15, 0.2) is 65.9 Å². The number of para-hydroxylation sites is 2. The maximum absolute atomic E-state index is 13.3. The summed E-state index contributed by atoms with van der Waals surface area (Å²) in [6.45, 7) is 2.19. The molecule has 2 aromatic carbocycles. The maximum Gasteiger partial charge on any atom is 0.373 e. The van der Waals surface area contributed by atoms with Gasteiger partial charge in [0.05, 0.1) is 5.29 Å². The summed E-state index contributed by atoms with van der Waals surface area (Å²) in [7, 11) is -3.44. The first kappa shape index (κ1) is 16.0. The topological polar surface area (TPSA) is 73.8 Å². The van der Waals surface area contributed by atoms with Gasteiger partial charge in [0.2, 0.25) is 0 Å². The van der Waals surface area contributed by atoms with Gasteiger partial charge >= 0.3 is 7.59 Å². The summed E-state index contributed by atoms with van der Waals surface area (Å²) >= 11 is 0. The maximum atomic E-state index is 13.3. The molecule has 0 radical (unpaired) electrons. The van der Waals surface area contributed by atoms with Crippen LogP contribution >= 0.6 is 7.59 Å². The lowest BCUT2D eigenvalue weighted by atomic mass is 10.3. The van der Waals surface area contributed by atoms with E-state index in [0.717, 1.165) is 4.78 Å². The average molecular weight is 318 g/mol. The van der Waals surface area contributed by atoms with Crippen LogP contribution in [0.4, 0.5) is 11.4 Å². The number of nitrogens with one attached hydrogen (secondary N) is 2. The van der Waals surface area contributed by atoms with Gasteiger partial charge in [0.1, 0.15) is 0 Å². The number of benzene rings is 2. The van der Waals surface area contributed by atoms with Gasteiger partial charge in [0, 0.05) is 17.9 Å². The van der Waals surface area contributed by atoms with E-state index in [0.29, 0.717) is 24.3 Å². The second-order valence-corrected chi connectivity index (χ2v) is 6.77. The molecule has 0 unspecified atom stereocenters. The number of hydrogen-bond donors (Lipinski definition) is 2. The van der Waals surface area contributed by atoms with Crippen LogP contribution in [0, 0.1) is 4.91 Å². The Morgan fingerprint density at radius 1 is 0.955 bits per heavy atom. The highest BCUT2D eigenvalue weighted by Crippen LogP contribution is 2.49. The highest BCUT2D eigenvalue weighted by atomic mass is 31.2. The van der Waals surface area contributed by atoms with E-state index < -0.39 is 7.59 Å². The van der Waals surface area contributed by atoms with Gasteiger partial charge in [0.25, 0.3) is 0 Å². The third kappa shape index (κ3) is 4.09. The van der Waals surface area contributed by atoms with Crippen molar-refractivity contribution in [3.8, 4) is 0 Å². The molecule has 2 rings (SSSR count). The smallest absolute Gasteiger partial charge is 0.303 e. The van der Waals surface area contributed by atoms with Crippen LogP contribution in [0.5, 0.6) is 0 Å². The first-order valence-corrected chi connectivity index (χ1v) is 8.72. The fourth-order valence-corrected chi connectivity index (χ4v) is 3.82. The Bertz CT molecular complexity index is 591. The van der Waals surface area contributed by atoms with Crippen molar-refractivity contribution >= 4 is 19.0 Å². The molecule has 0 saturated heterocycles. The van der Waals surface area contributed by atoms with Gasteiger partial charge in [-0.25, -0.2) is 4.57 Å². The molecule has 0 heterocycles. The number of nitrogens with zero attached hydrogens (tertiary/aromatic N) is 2. The van der Waals surface area contributed by atoms with E-state index in [1.807, 2.05) is 43.3 Å². The minimum absolute atomic E-state index is 0.292. The Balaban J connectivity index is 2.30. The van der Waals surface area contributed by atoms with Gasteiger partial charge in [-0.3, -0.25) is 0 Å². The fourth-order valence-electron chi connectivity index (χ4n) is 1.95. The molecule has 22 heavy (non-hydrogen) atoms. The standard InChI is InChI=1S/C15H19N4O2P/c1-2-13-19(18-20)22(21,16-14-9-5-3-6-10-14)17-15-11-7-4-8-12-15/h3-12H,2,13H2,1H3,(H2,16,17,21). The van der Waals surface area contributed by atoms with Gasteiger partial charge in [0.15, 0.2) is 0 Å². The Morgan fingerprint density at radius 2 is 1.41 bits per heavy atom. The molecular weight excluding hydrogens is 299 g/mol. The average Bonchev–Trinajstić information content (AvgIpc) is 2.54. The molecule has 0 atom stereocenters. The second-order valence-electron chi connectivity index (χ2n) is 4.71. The quantitative estimate of drug-likeness (QED) is 0.419. The molecule has 2 aromatic rings. The lowest BCUT2D eigenvalue weighted by Gasteiger charge is -2.28. The van der Waals surface area contributed by atoms with Crippen LogP contribution < -0.4 is 10.2 Å². The minimum Gasteiger partial charge on any atom is -0.303 e. The Hall–Kier alpha value is -2.33. The van der Waals surface area contributed by atoms with Crippen molar-refractivity contribution in [1.29, 1.82) is 0 Å². The first-order chi connectivity index (χ1) is 10.7. The molecule has 0 amide bonds. The van der Waals surface area contributed by atoms with Crippen LogP contribution in [0.1, 0.15) is 13.3 Å². The molecule has 6 nitrogen and oxygen atoms in total. The van der Waals surface area contributed by atoms with Crippen molar-refractivity contribution < 1.29 is 4.57 Å². The number of nitroso groups, excluding NO2 is 1. The molecule has 0 fully saturated rings. The lowest BCUT2D eigenvalue weighted by Crippen LogP contribution is -2.24. The van der Waals surface area contributed by atoms with Gasteiger partial charge < -0.3 is 10.2 Å². The summed E-state index contributed by atoms with van der Waals surface area (Å²) < 4.78 is 14.3. The van der Waals surface area contributed by atoms with Crippen molar-refractivity contribution in [1.82, 2.24) is 4.78 Å². The van der Waals surface area contributed by atoms with Crippen molar-refractivity contribution in [3.05, 3.63) is 65.6 Å². The molecule has 0 aliphatic carbocycles. The molecular formula is C15H19N4O2P. The minimum atomic E-state index is -3.44. The summed E-state index contributed by atoms with van der Waals surface area (Å²) in [4.78, 5) is 11.1. The van der Waals surface area contributed by atoms with Crippen molar-refractivity contribution in [3.63, 3.8) is 0 Å². The summed E-state index contributed by atoms with van der Waals surface area (Å²) in [6, 6.07) is 18.2. The first-order valence-electron chi connectivity index (χ1n) is 7.06. The lowest BCUT2D eigenvalue weighted by molar-refractivity contribution is 0.430. The van der Waals surface area contributed by atoms with E-state index in [1.54, 1.807) is 24.3 Å². The highest BCUT2D eigenvalue weighted by Gasteiger charge is 2.31. The molecule has 0 aliphatic rings. The Kier molecular flexibility index (Phi) is 5.55. The molecule has 0 aliphatic heterocycles. The number of hydrogen-bond acceptors (Lipinski definition) is 3. The van der Waals surface area contributed by atoms with Crippen molar-refractivity contribution in [2.45, 2.75) is 13.3 Å². The predicted molar refractivity (Wildman–Crippen MR) is 90.5 cm³/mol. The predicted octanol–water partition coefficient (Wildman–Crippen LogP) is 4.71. The molecule has 7 heteroatoms. The van der Waals surface area contributed by atoms with Crippen LogP contribution in [0.25, 0.3) is 0 Å². The third-order valence-electron chi connectivity index (χ3n) is 2.95. The zero-order chi connectivity index (χ0) is 15.8. The molecule has 0 saturated carbocycles. The summed E-state index contributed by atoms with van der Waals surface area (Å²) in [5.41, 5.74) is 1.30. The normalized spacial score (nSPS) is 10.8. The van der Waals surface area contributed by atoms with E-state index in [9.17, 15) is 9.47 Å². The van der Waals surface area contributed by atoms with Crippen molar-refractivity contribution in [2.24, 2.45) is 5.29 Å². The molecule has 116 valence electrons.